The van der Waals surface area contributed by atoms with E-state index in [1.807, 2.05) is 67.6 Å². The molecule has 3 rings (SSSR count). The molecule has 0 saturated carbocycles. The van der Waals surface area contributed by atoms with E-state index in [0.29, 0.717) is 12.1 Å². The average Bonchev–Trinajstić information content (AvgIpc) is 2.63. The number of aryl methyl sites for hydroxylation is 1. The highest BCUT2D eigenvalue weighted by molar-refractivity contribution is 6.08. The summed E-state index contributed by atoms with van der Waals surface area (Å²) < 4.78 is 0. The molecule has 4 nitrogen and oxygen atoms in total. The summed E-state index contributed by atoms with van der Waals surface area (Å²) in [5, 5.41) is 6.25. The van der Waals surface area contributed by atoms with Crippen molar-refractivity contribution < 1.29 is 4.79 Å². The molecular weight excluding hydrogens is 298 g/mol. The summed E-state index contributed by atoms with van der Waals surface area (Å²) in [6, 6.07) is 19.2. The standard InChI is InChI=1S/C20H19N3O/c1-15-6-8-17(9-7-15)23-20(24)18-4-2-3-5-19(18)22-14-16-10-12-21-13-11-16/h2-13,22H,14H2,1H3,(H,23,24). The number of benzene rings is 2. The topological polar surface area (TPSA) is 54.0 Å². The number of aromatic nitrogens is 1. The van der Waals surface area contributed by atoms with E-state index < -0.39 is 0 Å². The molecular formula is C20H19N3O. The predicted octanol–water partition coefficient (Wildman–Crippen LogP) is 4.25. The molecule has 0 bridgehead atoms. The highest BCUT2D eigenvalue weighted by Crippen LogP contribution is 2.18. The average molecular weight is 317 g/mol. The van der Waals surface area contributed by atoms with Gasteiger partial charge >= 0.3 is 0 Å². The number of nitrogens with one attached hydrogen (secondary N) is 2. The van der Waals surface area contributed by atoms with E-state index in [4.69, 9.17) is 0 Å². The lowest BCUT2D eigenvalue weighted by Gasteiger charge is -2.12. The SMILES string of the molecule is Cc1ccc(NC(=O)c2ccccc2NCc2ccncc2)cc1. The van der Waals surface area contributed by atoms with Gasteiger partial charge in [-0.1, -0.05) is 29.8 Å². The fraction of sp³-hybridized carbons (Fsp3) is 0.100. The van der Waals surface area contributed by atoms with Crippen LogP contribution in [0.2, 0.25) is 0 Å². The molecule has 0 saturated heterocycles. The summed E-state index contributed by atoms with van der Waals surface area (Å²) >= 11 is 0. The van der Waals surface area contributed by atoms with Crippen LogP contribution in [0.4, 0.5) is 11.4 Å². The number of hydrogen-bond acceptors (Lipinski definition) is 3. The van der Waals surface area contributed by atoms with Gasteiger partial charge in [-0.25, -0.2) is 0 Å². The summed E-state index contributed by atoms with van der Waals surface area (Å²) in [6.45, 7) is 2.65. The fourth-order valence-electron chi connectivity index (χ4n) is 2.37. The second-order valence-corrected chi connectivity index (χ2v) is 5.57. The number of rotatable bonds is 5. The van der Waals surface area contributed by atoms with Crippen LogP contribution in [-0.2, 0) is 6.54 Å². The van der Waals surface area contributed by atoms with Gasteiger partial charge in [-0.15, -0.1) is 0 Å². The van der Waals surface area contributed by atoms with Gasteiger partial charge in [-0.3, -0.25) is 9.78 Å². The Hall–Kier alpha value is -3.14. The van der Waals surface area contributed by atoms with Crippen molar-refractivity contribution in [2.45, 2.75) is 13.5 Å². The minimum absolute atomic E-state index is 0.128. The maximum atomic E-state index is 12.6. The first-order chi connectivity index (χ1) is 11.7. The molecule has 0 aliphatic heterocycles. The van der Waals surface area contributed by atoms with Crippen LogP contribution in [0, 0.1) is 6.92 Å². The number of pyridine rings is 1. The van der Waals surface area contributed by atoms with E-state index >= 15 is 0 Å². The summed E-state index contributed by atoms with van der Waals surface area (Å²) in [7, 11) is 0. The second kappa shape index (κ2) is 7.42. The van der Waals surface area contributed by atoms with Crippen LogP contribution in [0.1, 0.15) is 21.5 Å². The lowest BCUT2D eigenvalue weighted by molar-refractivity contribution is 0.102. The molecule has 120 valence electrons. The van der Waals surface area contributed by atoms with Crippen LogP contribution in [-0.4, -0.2) is 10.9 Å². The van der Waals surface area contributed by atoms with Crippen molar-refractivity contribution in [2.75, 3.05) is 10.6 Å². The van der Waals surface area contributed by atoms with Gasteiger partial charge in [0, 0.05) is 30.3 Å². The van der Waals surface area contributed by atoms with E-state index in [1.165, 1.54) is 0 Å². The van der Waals surface area contributed by atoms with Crippen LogP contribution in [0.3, 0.4) is 0 Å². The normalized spacial score (nSPS) is 10.2. The van der Waals surface area contributed by atoms with Gasteiger partial charge in [-0.05, 0) is 48.9 Å². The zero-order valence-electron chi connectivity index (χ0n) is 13.5. The maximum absolute atomic E-state index is 12.6. The van der Waals surface area contributed by atoms with Crippen molar-refractivity contribution >= 4 is 17.3 Å². The summed E-state index contributed by atoms with van der Waals surface area (Å²) in [5.74, 6) is -0.128. The lowest BCUT2D eigenvalue weighted by Crippen LogP contribution is -2.14. The van der Waals surface area contributed by atoms with Crippen LogP contribution in [0.5, 0.6) is 0 Å². The smallest absolute Gasteiger partial charge is 0.257 e. The molecule has 0 fully saturated rings. The van der Waals surface area contributed by atoms with E-state index in [0.717, 1.165) is 22.5 Å². The highest BCUT2D eigenvalue weighted by Gasteiger charge is 2.11. The number of nitrogens with zero attached hydrogens (tertiary/aromatic N) is 1. The Kier molecular flexibility index (Phi) is 4.87. The van der Waals surface area contributed by atoms with Gasteiger partial charge in [0.15, 0.2) is 0 Å². The quantitative estimate of drug-likeness (QED) is 0.739. The molecule has 2 aromatic carbocycles. The Morgan fingerprint density at radius 2 is 1.67 bits per heavy atom. The number of hydrogen-bond donors (Lipinski definition) is 2. The van der Waals surface area contributed by atoms with Crippen molar-refractivity contribution in [1.29, 1.82) is 0 Å². The van der Waals surface area contributed by atoms with Crippen LogP contribution >= 0.6 is 0 Å². The van der Waals surface area contributed by atoms with Gasteiger partial charge in [0.2, 0.25) is 0 Å². The summed E-state index contributed by atoms with van der Waals surface area (Å²) in [5.41, 5.74) is 4.48. The molecule has 1 aromatic heterocycles. The number of para-hydroxylation sites is 1. The van der Waals surface area contributed by atoms with Gasteiger partial charge in [-0.2, -0.15) is 0 Å². The van der Waals surface area contributed by atoms with Crippen LogP contribution in [0.15, 0.2) is 73.1 Å². The van der Waals surface area contributed by atoms with Crippen LogP contribution < -0.4 is 10.6 Å². The molecule has 0 aliphatic carbocycles. The highest BCUT2D eigenvalue weighted by atomic mass is 16.1. The molecule has 4 heteroatoms. The van der Waals surface area contributed by atoms with Crippen LogP contribution in [0.25, 0.3) is 0 Å². The Morgan fingerprint density at radius 1 is 0.958 bits per heavy atom. The maximum Gasteiger partial charge on any atom is 0.257 e. The largest absolute Gasteiger partial charge is 0.380 e. The number of amides is 1. The third-order valence-electron chi connectivity index (χ3n) is 3.71. The van der Waals surface area contributed by atoms with Gasteiger partial charge in [0.25, 0.3) is 5.91 Å². The first-order valence-electron chi connectivity index (χ1n) is 7.82. The molecule has 0 unspecified atom stereocenters. The Labute approximate surface area is 141 Å². The molecule has 2 N–H and O–H groups in total. The Bertz CT molecular complexity index is 814. The van der Waals surface area contributed by atoms with E-state index in [-0.39, 0.29) is 5.91 Å². The van der Waals surface area contributed by atoms with Gasteiger partial charge < -0.3 is 10.6 Å². The van der Waals surface area contributed by atoms with Gasteiger partial charge in [0.1, 0.15) is 0 Å². The van der Waals surface area contributed by atoms with Crippen molar-refractivity contribution in [1.82, 2.24) is 4.98 Å². The first-order valence-corrected chi connectivity index (χ1v) is 7.82. The molecule has 1 amide bonds. The van der Waals surface area contributed by atoms with Gasteiger partial charge in [0.05, 0.1) is 5.56 Å². The van der Waals surface area contributed by atoms with Crippen molar-refractivity contribution in [2.24, 2.45) is 0 Å². The van der Waals surface area contributed by atoms with E-state index in [9.17, 15) is 4.79 Å². The minimum atomic E-state index is -0.128. The third kappa shape index (κ3) is 3.98. The monoisotopic (exact) mass is 317 g/mol. The first kappa shape index (κ1) is 15.7. The number of anilines is 2. The number of carbonyl (C=O) groups excluding carboxylic acids is 1. The molecule has 0 radical (unpaired) electrons. The lowest BCUT2D eigenvalue weighted by atomic mass is 10.1. The molecule has 3 aromatic rings. The predicted molar refractivity (Wildman–Crippen MR) is 97.1 cm³/mol. The minimum Gasteiger partial charge on any atom is -0.380 e. The molecule has 24 heavy (non-hydrogen) atoms. The molecule has 0 spiro atoms. The fourth-order valence-corrected chi connectivity index (χ4v) is 2.37. The third-order valence-corrected chi connectivity index (χ3v) is 3.71. The van der Waals surface area contributed by atoms with E-state index in [1.54, 1.807) is 12.4 Å². The zero-order chi connectivity index (χ0) is 16.8. The summed E-state index contributed by atoms with van der Waals surface area (Å²) in [6.07, 6.45) is 3.51. The second-order valence-electron chi connectivity index (χ2n) is 5.57. The van der Waals surface area contributed by atoms with Crippen molar-refractivity contribution in [3.05, 3.63) is 89.7 Å². The number of carbonyl (C=O) groups is 1. The Balaban J connectivity index is 1.73. The molecule has 0 atom stereocenters. The Morgan fingerprint density at radius 3 is 2.42 bits per heavy atom. The van der Waals surface area contributed by atoms with Crippen molar-refractivity contribution in [3.8, 4) is 0 Å². The molecule has 0 aliphatic rings. The summed E-state index contributed by atoms with van der Waals surface area (Å²) in [4.78, 5) is 16.6. The van der Waals surface area contributed by atoms with E-state index in [2.05, 4.69) is 15.6 Å². The van der Waals surface area contributed by atoms with Crippen molar-refractivity contribution in [3.63, 3.8) is 0 Å². The molecule has 1 heterocycles. The zero-order valence-corrected chi connectivity index (χ0v) is 13.5.